The molecule has 3 nitrogen and oxygen atoms in total. The predicted molar refractivity (Wildman–Crippen MR) is 62.1 cm³/mol. The van der Waals surface area contributed by atoms with Crippen molar-refractivity contribution in [3.63, 3.8) is 0 Å². The number of hydrogen-bond donors (Lipinski definition) is 1. The van der Waals surface area contributed by atoms with Gasteiger partial charge in [-0.3, -0.25) is 14.9 Å². The van der Waals surface area contributed by atoms with Crippen molar-refractivity contribution >= 4 is 35.0 Å². The zero-order chi connectivity index (χ0) is 11.8. The molecular weight excluding hydrogens is 249 g/mol. The molecule has 0 spiro atoms. The largest absolute Gasteiger partial charge is 0.289 e. The summed E-state index contributed by atoms with van der Waals surface area (Å²) in [7, 11) is 0. The van der Waals surface area contributed by atoms with Gasteiger partial charge in [0.25, 0.3) is 11.8 Å². The zero-order valence-corrected chi connectivity index (χ0v) is 9.81. The highest BCUT2D eigenvalue weighted by molar-refractivity contribution is 6.32. The van der Waals surface area contributed by atoms with Gasteiger partial charge in [0.15, 0.2) is 0 Å². The van der Waals surface area contributed by atoms with Crippen molar-refractivity contribution in [2.75, 3.05) is 0 Å². The fraction of sp³-hybridized carbons (Fsp3) is 0.273. The smallest absolute Gasteiger partial charge is 0.254 e. The fourth-order valence-corrected chi connectivity index (χ4v) is 2.09. The maximum absolute atomic E-state index is 11.3. The molecule has 1 aliphatic carbocycles. The molecule has 0 aromatic rings. The molecule has 2 rings (SSSR count). The molecule has 0 aromatic heterocycles. The minimum absolute atomic E-state index is 0.323. The van der Waals surface area contributed by atoms with E-state index >= 15 is 0 Å². The van der Waals surface area contributed by atoms with Crippen LogP contribution in [0.2, 0.25) is 0 Å². The molecular formula is C11H9Cl2NO2. The van der Waals surface area contributed by atoms with Gasteiger partial charge in [0.2, 0.25) is 0 Å². The standard InChI is InChI=1S/C11H9Cl2NO2/c12-8-1-3-11(13,4-2-8)6-7-5-9(15)14-10(7)16/h1-3,5H,4,6H2,(H,14,15,16). The second-order valence-corrected chi connectivity index (χ2v) is 5.01. The van der Waals surface area contributed by atoms with Crippen molar-refractivity contribution in [1.82, 2.24) is 5.32 Å². The van der Waals surface area contributed by atoms with E-state index in [0.717, 1.165) is 0 Å². The third-order valence-corrected chi connectivity index (χ3v) is 3.19. The molecule has 1 heterocycles. The minimum atomic E-state index is -0.661. The van der Waals surface area contributed by atoms with Crippen LogP contribution in [-0.2, 0) is 9.59 Å². The first-order valence-electron chi connectivity index (χ1n) is 4.78. The van der Waals surface area contributed by atoms with E-state index in [1.807, 2.05) is 0 Å². The van der Waals surface area contributed by atoms with Crippen molar-refractivity contribution in [2.45, 2.75) is 17.7 Å². The summed E-state index contributed by atoms with van der Waals surface area (Å²) in [4.78, 5) is 21.6. The Morgan fingerprint density at radius 1 is 1.44 bits per heavy atom. The molecule has 16 heavy (non-hydrogen) atoms. The number of hydrogen-bond acceptors (Lipinski definition) is 2. The number of amides is 2. The molecule has 2 aliphatic rings. The van der Waals surface area contributed by atoms with Crippen molar-refractivity contribution in [2.24, 2.45) is 0 Å². The molecule has 1 N–H and O–H groups in total. The minimum Gasteiger partial charge on any atom is -0.289 e. The van der Waals surface area contributed by atoms with Crippen LogP contribution >= 0.6 is 23.2 Å². The monoisotopic (exact) mass is 257 g/mol. The van der Waals surface area contributed by atoms with Gasteiger partial charge in [-0.15, -0.1) is 11.6 Å². The molecule has 0 fully saturated rings. The Labute approximate surface area is 103 Å². The summed E-state index contributed by atoms with van der Waals surface area (Å²) < 4.78 is 0. The van der Waals surface area contributed by atoms with Gasteiger partial charge >= 0.3 is 0 Å². The maximum atomic E-state index is 11.3. The lowest BCUT2D eigenvalue weighted by Crippen LogP contribution is -2.26. The molecule has 0 aromatic carbocycles. The predicted octanol–water partition coefficient (Wildman–Crippen LogP) is 2.02. The molecule has 0 saturated heterocycles. The zero-order valence-electron chi connectivity index (χ0n) is 8.30. The highest BCUT2D eigenvalue weighted by Crippen LogP contribution is 2.35. The molecule has 0 radical (unpaired) electrons. The topological polar surface area (TPSA) is 46.2 Å². The number of halogens is 2. The van der Waals surface area contributed by atoms with E-state index in [2.05, 4.69) is 5.32 Å². The number of allylic oxidation sites excluding steroid dienone is 4. The van der Waals surface area contributed by atoms with Gasteiger partial charge < -0.3 is 0 Å². The normalized spacial score (nSPS) is 28.9. The molecule has 84 valence electrons. The van der Waals surface area contributed by atoms with Gasteiger partial charge in [0.05, 0.1) is 4.87 Å². The summed E-state index contributed by atoms with van der Waals surface area (Å²) in [5.41, 5.74) is 0.413. The molecule has 1 unspecified atom stereocenters. The molecule has 2 amide bonds. The number of imide groups is 1. The molecule has 0 saturated carbocycles. The Hall–Kier alpha value is -1.06. The lowest BCUT2D eigenvalue weighted by atomic mass is 9.92. The number of nitrogens with one attached hydrogen (secondary N) is 1. The summed E-state index contributed by atoms with van der Waals surface area (Å²) in [5, 5.41) is 2.82. The third-order valence-electron chi connectivity index (χ3n) is 2.50. The molecule has 5 heteroatoms. The average molecular weight is 258 g/mol. The van der Waals surface area contributed by atoms with Crippen molar-refractivity contribution in [3.05, 3.63) is 34.9 Å². The van der Waals surface area contributed by atoms with Crippen LogP contribution in [0.5, 0.6) is 0 Å². The lowest BCUT2D eigenvalue weighted by Gasteiger charge is -2.24. The summed E-state index contributed by atoms with van der Waals surface area (Å²) in [6.45, 7) is 0. The van der Waals surface area contributed by atoms with Gasteiger partial charge in [-0.1, -0.05) is 23.8 Å². The van der Waals surface area contributed by atoms with Crippen molar-refractivity contribution < 1.29 is 9.59 Å². The average Bonchev–Trinajstić information content (AvgIpc) is 2.51. The SMILES string of the molecule is O=C1C=C(CC2(Cl)C=CC(Cl)=CC2)C(=O)N1. The number of carbonyl (C=O) groups excluding carboxylic acids is 2. The van der Waals surface area contributed by atoms with Crippen LogP contribution < -0.4 is 5.32 Å². The second-order valence-electron chi connectivity index (χ2n) is 3.83. The van der Waals surface area contributed by atoms with E-state index < -0.39 is 4.87 Å². The molecule has 1 atom stereocenters. The van der Waals surface area contributed by atoms with Crippen molar-refractivity contribution in [1.29, 1.82) is 0 Å². The summed E-state index contributed by atoms with van der Waals surface area (Å²) in [5.74, 6) is -0.743. The first kappa shape index (κ1) is 11.4. The van der Waals surface area contributed by atoms with Crippen LogP contribution in [-0.4, -0.2) is 16.7 Å². The Morgan fingerprint density at radius 2 is 2.19 bits per heavy atom. The van der Waals surface area contributed by atoms with Gasteiger partial charge in [-0.25, -0.2) is 0 Å². The summed E-state index contributed by atoms with van der Waals surface area (Å²) in [6.07, 6.45) is 7.41. The highest BCUT2D eigenvalue weighted by Gasteiger charge is 2.31. The number of rotatable bonds is 2. The Balaban J connectivity index is 2.11. The lowest BCUT2D eigenvalue weighted by molar-refractivity contribution is -0.123. The van der Waals surface area contributed by atoms with E-state index in [4.69, 9.17) is 23.2 Å². The van der Waals surface area contributed by atoms with Gasteiger partial charge in [0, 0.05) is 23.1 Å². The van der Waals surface area contributed by atoms with E-state index in [-0.39, 0.29) is 11.8 Å². The fourth-order valence-electron chi connectivity index (χ4n) is 1.66. The second kappa shape index (κ2) is 4.07. The third kappa shape index (κ3) is 2.36. The summed E-state index contributed by atoms with van der Waals surface area (Å²) >= 11 is 12.1. The molecule has 1 aliphatic heterocycles. The first-order valence-corrected chi connectivity index (χ1v) is 5.54. The van der Waals surface area contributed by atoms with Gasteiger partial charge in [0.1, 0.15) is 0 Å². The van der Waals surface area contributed by atoms with E-state index in [0.29, 0.717) is 23.4 Å². The number of carbonyl (C=O) groups is 2. The van der Waals surface area contributed by atoms with Crippen LogP contribution in [0, 0.1) is 0 Å². The van der Waals surface area contributed by atoms with E-state index in [1.165, 1.54) is 6.08 Å². The van der Waals surface area contributed by atoms with Crippen LogP contribution in [0.4, 0.5) is 0 Å². The highest BCUT2D eigenvalue weighted by atomic mass is 35.5. The van der Waals surface area contributed by atoms with Gasteiger partial charge in [-0.2, -0.15) is 0 Å². The van der Waals surface area contributed by atoms with Crippen LogP contribution in [0.25, 0.3) is 0 Å². The van der Waals surface area contributed by atoms with Gasteiger partial charge in [-0.05, 0) is 12.5 Å². The van der Waals surface area contributed by atoms with Crippen molar-refractivity contribution in [3.8, 4) is 0 Å². The summed E-state index contributed by atoms with van der Waals surface area (Å²) in [6, 6.07) is 0. The Bertz CT molecular complexity index is 451. The maximum Gasteiger partial charge on any atom is 0.254 e. The van der Waals surface area contributed by atoms with Crippen LogP contribution in [0.15, 0.2) is 34.9 Å². The Kier molecular flexibility index (Phi) is 2.91. The quantitative estimate of drug-likeness (QED) is 0.608. The molecule has 0 bridgehead atoms. The van der Waals surface area contributed by atoms with E-state index in [9.17, 15) is 9.59 Å². The van der Waals surface area contributed by atoms with E-state index in [1.54, 1.807) is 18.2 Å². The van der Waals surface area contributed by atoms with Crippen LogP contribution in [0.3, 0.4) is 0 Å². The first-order chi connectivity index (χ1) is 7.48. The van der Waals surface area contributed by atoms with Crippen LogP contribution in [0.1, 0.15) is 12.8 Å². The Morgan fingerprint density at radius 3 is 2.69 bits per heavy atom. The number of alkyl halides is 1.